The van der Waals surface area contributed by atoms with Crippen LogP contribution in [-0.2, 0) is 17.8 Å². The largest absolute Gasteiger partial charge is 0.493 e. The molecule has 34 heavy (non-hydrogen) atoms. The second-order valence-corrected chi connectivity index (χ2v) is 11.0. The summed E-state index contributed by atoms with van der Waals surface area (Å²) in [5, 5.41) is 0. The fourth-order valence-electron chi connectivity index (χ4n) is 7.63. The highest BCUT2D eigenvalue weighted by molar-refractivity contribution is 5.79. The molecule has 0 saturated carbocycles. The van der Waals surface area contributed by atoms with Crippen LogP contribution in [0.15, 0.2) is 23.8 Å². The second kappa shape index (κ2) is 9.19. The van der Waals surface area contributed by atoms with E-state index >= 15 is 0 Å². The molecule has 3 fully saturated rings. The first kappa shape index (κ1) is 22.4. The topological polar surface area (TPSA) is 45.3 Å². The standard InChI is InChI=1S/C28H39N3O3/c1-33-25-14-19-8-11-30(16-22(19)15-26(25)34-2)27(32)18-31-10-5-6-20-12-21-13-23(28(20)31)17-29-9-4-3-7-24(21)29/h12,14-15,21,23-24,28H,3-11,13,16-18H2,1-2H3/t21-,23-,24+,28+/m0/s1. The zero-order chi connectivity index (χ0) is 23.2. The SMILES string of the molecule is COc1cc2c(cc1OC)CN(C(=O)CN1CCCC3=C[C@H]4C[C@@H](CN5CCCC[C@H]45)[C@@H]31)CC2. The highest BCUT2D eigenvalue weighted by atomic mass is 16.5. The lowest BCUT2D eigenvalue weighted by atomic mass is 9.68. The number of carbonyl (C=O) groups excluding carboxylic acids is 1. The molecule has 0 N–H and O–H groups in total. The minimum atomic E-state index is 0.274. The molecule has 1 aliphatic carbocycles. The van der Waals surface area contributed by atoms with Crippen LogP contribution in [0.4, 0.5) is 0 Å². The van der Waals surface area contributed by atoms with Crippen LogP contribution in [0.5, 0.6) is 11.5 Å². The van der Waals surface area contributed by atoms with E-state index in [1.165, 1.54) is 62.7 Å². The summed E-state index contributed by atoms with van der Waals surface area (Å²) in [6.07, 6.45) is 11.4. The Morgan fingerprint density at radius 2 is 1.82 bits per heavy atom. The molecule has 0 aromatic heterocycles. The van der Waals surface area contributed by atoms with Crippen LogP contribution in [0.3, 0.4) is 0 Å². The van der Waals surface area contributed by atoms with Gasteiger partial charge in [0.1, 0.15) is 0 Å². The fourth-order valence-corrected chi connectivity index (χ4v) is 7.63. The maximum absolute atomic E-state index is 13.5. The van der Waals surface area contributed by atoms with E-state index < -0.39 is 0 Å². The fraction of sp³-hybridized carbons (Fsp3) is 0.679. The van der Waals surface area contributed by atoms with Crippen LogP contribution in [0.1, 0.15) is 49.7 Å². The number of carbonyl (C=O) groups is 1. The number of amides is 1. The quantitative estimate of drug-likeness (QED) is 0.637. The van der Waals surface area contributed by atoms with Crippen molar-refractivity contribution < 1.29 is 14.3 Å². The number of methoxy groups -OCH3 is 2. The number of fused-ring (bicyclic) bond motifs is 7. The van der Waals surface area contributed by atoms with Gasteiger partial charge in [-0.15, -0.1) is 0 Å². The Kier molecular flexibility index (Phi) is 6.06. The molecule has 0 unspecified atom stereocenters. The molecule has 6 heteroatoms. The van der Waals surface area contributed by atoms with Crippen LogP contribution < -0.4 is 9.47 Å². The number of likely N-dealkylation sites (tertiary alicyclic amines) is 1. The molecule has 4 atom stereocenters. The first-order chi connectivity index (χ1) is 16.6. The Hall–Kier alpha value is -2.05. The van der Waals surface area contributed by atoms with Crippen molar-refractivity contribution in [1.29, 1.82) is 0 Å². The van der Waals surface area contributed by atoms with E-state index in [1.807, 2.05) is 6.07 Å². The van der Waals surface area contributed by atoms with Gasteiger partial charge in [0.2, 0.25) is 5.91 Å². The normalized spacial score (nSPS) is 31.1. The van der Waals surface area contributed by atoms with Crippen LogP contribution in [0.2, 0.25) is 0 Å². The molecular formula is C28H39N3O3. The van der Waals surface area contributed by atoms with Crippen LogP contribution in [0.25, 0.3) is 0 Å². The van der Waals surface area contributed by atoms with Crippen molar-refractivity contribution in [3.63, 3.8) is 0 Å². The van der Waals surface area contributed by atoms with Gasteiger partial charge in [-0.05, 0) is 86.7 Å². The first-order valence-electron chi connectivity index (χ1n) is 13.3. The van der Waals surface area contributed by atoms with Gasteiger partial charge in [-0.3, -0.25) is 14.6 Å². The van der Waals surface area contributed by atoms with Gasteiger partial charge in [0.25, 0.3) is 0 Å². The molecule has 6 rings (SSSR count). The lowest BCUT2D eigenvalue weighted by Crippen LogP contribution is -2.60. The first-order valence-corrected chi connectivity index (χ1v) is 13.3. The zero-order valence-corrected chi connectivity index (χ0v) is 20.8. The van der Waals surface area contributed by atoms with E-state index in [-0.39, 0.29) is 5.91 Å². The van der Waals surface area contributed by atoms with Gasteiger partial charge >= 0.3 is 0 Å². The minimum absolute atomic E-state index is 0.274. The summed E-state index contributed by atoms with van der Waals surface area (Å²) in [5.74, 6) is 3.22. The molecule has 6 nitrogen and oxygen atoms in total. The number of hydrogen-bond donors (Lipinski definition) is 0. The monoisotopic (exact) mass is 465 g/mol. The highest BCUT2D eigenvalue weighted by Gasteiger charge is 2.46. The zero-order valence-electron chi connectivity index (χ0n) is 20.8. The molecule has 0 radical (unpaired) electrons. The van der Waals surface area contributed by atoms with Crippen molar-refractivity contribution >= 4 is 5.91 Å². The smallest absolute Gasteiger partial charge is 0.237 e. The average Bonchev–Trinajstić information content (AvgIpc) is 2.87. The average molecular weight is 466 g/mol. The summed E-state index contributed by atoms with van der Waals surface area (Å²) >= 11 is 0. The van der Waals surface area contributed by atoms with E-state index in [0.29, 0.717) is 25.0 Å². The van der Waals surface area contributed by atoms with Crippen molar-refractivity contribution in [2.45, 2.75) is 63.6 Å². The van der Waals surface area contributed by atoms with Crippen molar-refractivity contribution in [1.82, 2.24) is 14.7 Å². The summed E-state index contributed by atoms with van der Waals surface area (Å²) in [6.45, 7) is 5.55. The predicted molar refractivity (Wildman–Crippen MR) is 132 cm³/mol. The van der Waals surface area contributed by atoms with E-state index in [2.05, 4.69) is 26.8 Å². The predicted octanol–water partition coefficient (Wildman–Crippen LogP) is 3.48. The number of benzene rings is 1. The van der Waals surface area contributed by atoms with Crippen LogP contribution in [-0.4, -0.2) is 79.6 Å². The molecule has 1 amide bonds. The third-order valence-corrected chi connectivity index (χ3v) is 9.17. The van der Waals surface area contributed by atoms with Crippen molar-refractivity contribution in [3.05, 3.63) is 34.9 Å². The maximum Gasteiger partial charge on any atom is 0.237 e. The molecule has 184 valence electrons. The Balaban J connectivity index is 1.17. The van der Waals surface area contributed by atoms with Gasteiger partial charge < -0.3 is 14.4 Å². The summed E-state index contributed by atoms with van der Waals surface area (Å²) in [7, 11) is 3.35. The van der Waals surface area contributed by atoms with E-state index in [4.69, 9.17) is 9.47 Å². The van der Waals surface area contributed by atoms with Crippen molar-refractivity contribution in [2.24, 2.45) is 11.8 Å². The Morgan fingerprint density at radius 1 is 1.00 bits per heavy atom. The maximum atomic E-state index is 13.5. The van der Waals surface area contributed by atoms with Crippen molar-refractivity contribution in [3.8, 4) is 11.5 Å². The van der Waals surface area contributed by atoms with Crippen LogP contribution in [0, 0.1) is 11.8 Å². The van der Waals surface area contributed by atoms with E-state index in [0.717, 1.165) is 43.0 Å². The number of ether oxygens (including phenoxy) is 2. The van der Waals surface area contributed by atoms with E-state index in [9.17, 15) is 4.79 Å². The van der Waals surface area contributed by atoms with Gasteiger partial charge in [-0.2, -0.15) is 0 Å². The third-order valence-electron chi connectivity index (χ3n) is 9.17. The molecule has 5 aliphatic rings. The molecule has 4 aliphatic heterocycles. The molecule has 1 aromatic carbocycles. The van der Waals surface area contributed by atoms with Crippen molar-refractivity contribution in [2.75, 3.05) is 46.9 Å². The van der Waals surface area contributed by atoms with Gasteiger partial charge in [-0.1, -0.05) is 18.1 Å². The number of piperidine rings is 3. The number of hydrogen-bond acceptors (Lipinski definition) is 5. The Bertz CT molecular complexity index is 976. The van der Waals surface area contributed by atoms with Crippen LogP contribution >= 0.6 is 0 Å². The van der Waals surface area contributed by atoms with Gasteiger partial charge in [-0.25, -0.2) is 0 Å². The highest BCUT2D eigenvalue weighted by Crippen LogP contribution is 2.45. The van der Waals surface area contributed by atoms with Gasteiger partial charge in [0, 0.05) is 31.7 Å². The van der Waals surface area contributed by atoms with Gasteiger partial charge in [0.15, 0.2) is 11.5 Å². The summed E-state index contributed by atoms with van der Waals surface area (Å²) in [4.78, 5) is 20.9. The molecule has 0 spiro atoms. The third kappa shape index (κ3) is 3.93. The molecule has 4 heterocycles. The van der Waals surface area contributed by atoms with E-state index in [1.54, 1.807) is 19.8 Å². The lowest BCUT2D eigenvalue weighted by Gasteiger charge is -2.54. The summed E-state index contributed by atoms with van der Waals surface area (Å²) in [6, 6.07) is 5.37. The van der Waals surface area contributed by atoms with Gasteiger partial charge in [0.05, 0.1) is 20.8 Å². The number of nitrogens with zero attached hydrogens (tertiary/aromatic N) is 3. The molecule has 1 aromatic rings. The molecular weight excluding hydrogens is 426 g/mol. The summed E-state index contributed by atoms with van der Waals surface area (Å²) in [5.41, 5.74) is 4.09. The molecule has 3 saturated heterocycles. The minimum Gasteiger partial charge on any atom is -0.493 e. The Morgan fingerprint density at radius 3 is 2.65 bits per heavy atom. The number of rotatable bonds is 4. The molecule has 2 bridgehead atoms. The lowest BCUT2D eigenvalue weighted by molar-refractivity contribution is -0.134. The Labute approximate surface area is 203 Å². The summed E-state index contributed by atoms with van der Waals surface area (Å²) < 4.78 is 11.0. The second-order valence-electron chi connectivity index (χ2n) is 11.0.